The summed E-state index contributed by atoms with van der Waals surface area (Å²) in [6.07, 6.45) is 9.82. The Hall–Kier alpha value is -3.31. The van der Waals surface area contributed by atoms with Crippen LogP contribution in [-0.2, 0) is 14.4 Å². The Morgan fingerprint density at radius 3 is 1.78 bits per heavy atom. The van der Waals surface area contributed by atoms with Crippen molar-refractivity contribution in [2.45, 2.75) is 107 Å². The van der Waals surface area contributed by atoms with Crippen molar-refractivity contribution in [3.63, 3.8) is 0 Å². The molecular weight excluding hydrogens is 556 g/mol. The maximum absolute atomic E-state index is 12.0. The zero-order valence-corrected chi connectivity index (χ0v) is 30.6. The van der Waals surface area contributed by atoms with E-state index in [4.69, 9.17) is 9.59 Å². The molecule has 254 valence electrons. The van der Waals surface area contributed by atoms with Gasteiger partial charge in [-0.25, -0.2) is 0 Å². The summed E-state index contributed by atoms with van der Waals surface area (Å²) in [7, 11) is 2.11. The smallest absolute Gasteiger partial charge is 0.223 e. The first-order valence-electron chi connectivity index (χ1n) is 16.7. The lowest BCUT2D eigenvalue weighted by Crippen LogP contribution is -2.31. The van der Waals surface area contributed by atoms with E-state index >= 15 is 0 Å². The van der Waals surface area contributed by atoms with Gasteiger partial charge in [-0.15, -0.1) is 0 Å². The number of benzene rings is 2. The van der Waals surface area contributed by atoms with Crippen molar-refractivity contribution in [2.24, 2.45) is 5.92 Å². The molecule has 5 nitrogen and oxygen atoms in total. The topological polar surface area (TPSA) is 66.5 Å². The second-order valence-electron chi connectivity index (χ2n) is 10.8. The van der Waals surface area contributed by atoms with Gasteiger partial charge in [0.1, 0.15) is 12.6 Å². The van der Waals surface area contributed by atoms with E-state index in [0.717, 1.165) is 51.6 Å². The van der Waals surface area contributed by atoms with Crippen LogP contribution in [0.5, 0.6) is 0 Å². The first-order chi connectivity index (χ1) is 21.5. The van der Waals surface area contributed by atoms with Gasteiger partial charge in [-0.2, -0.15) is 0 Å². The molecule has 2 aromatic rings. The number of carbonyl (C=O) groups is 3. The third-order valence-electron chi connectivity index (χ3n) is 7.43. The largest absolute Gasteiger partial charge is 0.356 e. The van der Waals surface area contributed by atoms with Crippen molar-refractivity contribution in [1.29, 1.82) is 0 Å². The lowest BCUT2D eigenvalue weighted by atomic mass is 9.97. The monoisotopic (exact) mass is 623 g/mol. The first-order valence-corrected chi connectivity index (χ1v) is 16.7. The van der Waals surface area contributed by atoms with Crippen molar-refractivity contribution in [3.05, 3.63) is 89.5 Å². The molecule has 0 aliphatic rings. The molecule has 0 aliphatic heterocycles. The molecule has 1 atom stereocenters. The van der Waals surface area contributed by atoms with Gasteiger partial charge in [0.15, 0.2) is 0 Å². The standard InChI is InChI=1S/C19H29NO.C11H16.C5H13N.C3H4O.C2H4O/c1-5-10-17(18-12-9-8-11-15(18)4)13-14-20-19(21)16(6-2)7-3;1-4-10(3)11-7-5-9(2)6-8-11;1-4-6(3)5-2;1-2-3-4;1-2-3/h8-12,16H,5-7,13-14H2,1-4H3,(H,20,21);5-8,10H,4H2,1-3H3;4-5H2,1-3H3;2-3H,1H2;2H,1H3/b17-10-;;;;. The molecule has 2 aromatic carbocycles. The Balaban J connectivity index is -0.000000608. The summed E-state index contributed by atoms with van der Waals surface area (Å²) in [5.41, 5.74) is 6.73. The van der Waals surface area contributed by atoms with Crippen molar-refractivity contribution in [1.82, 2.24) is 10.2 Å². The number of nitrogens with one attached hydrogen (secondary N) is 1. The molecule has 2 rings (SSSR count). The fourth-order valence-corrected chi connectivity index (χ4v) is 4.00. The van der Waals surface area contributed by atoms with Gasteiger partial charge in [-0.3, -0.25) is 9.59 Å². The summed E-state index contributed by atoms with van der Waals surface area (Å²) in [5.74, 6) is 1.05. The number of allylic oxidation sites excluding steroid dienone is 2. The molecular formula is C40H66N2O3. The van der Waals surface area contributed by atoms with E-state index in [9.17, 15) is 4.79 Å². The number of rotatable bonds is 13. The third-order valence-corrected chi connectivity index (χ3v) is 7.43. The fourth-order valence-electron chi connectivity index (χ4n) is 4.00. The van der Waals surface area contributed by atoms with Crippen LogP contribution >= 0.6 is 0 Å². The highest BCUT2D eigenvalue weighted by atomic mass is 16.1. The van der Waals surface area contributed by atoms with E-state index in [0.29, 0.717) is 12.2 Å². The maximum atomic E-state index is 12.0. The molecule has 0 saturated carbocycles. The quantitative estimate of drug-likeness (QED) is 0.178. The van der Waals surface area contributed by atoms with Crippen LogP contribution < -0.4 is 5.32 Å². The lowest BCUT2D eigenvalue weighted by Gasteiger charge is -2.15. The van der Waals surface area contributed by atoms with Gasteiger partial charge in [0.2, 0.25) is 5.91 Å². The molecule has 0 fully saturated rings. The van der Waals surface area contributed by atoms with Crippen LogP contribution in [0.15, 0.2) is 67.3 Å². The predicted molar refractivity (Wildman–Crippen MR) is 198 cm³/mol. The molecule has 1 N–H and O–H groups in total. The second kappa shape index (κ2) is 32.1. The highest BCUT2D eigenvalue weighted by Gasteiger charge is 2.13. The molecule has 45 heavy (non-hydrogen) atoms. The zero-order chi connectivity index (χ0) is 35.0. The summed E-state index contributed by atoms with van der Waals surface area (Å²) < 4.78 is 0. The van der Waals surface area contributed by atoms with Crippen LogP contribution in [-0.4, -0.2) is 50.1 Å². The fraction of sp³-hybridized carbons (Fsp3) is 0.525. The van der Waals surface area contributed by atoms with Crippen LogP contribution in [0.4, 0.5) is 0 Å². The summed E-state index contributed by atoms with van der Waals surface area (Å²) in [6, 6.07) is 17.3. The van der Waals surface area contributed by atoms with Crippen molar-refractivity contribution < 1.29 is 14.4 Å². The van der Waals surface area contributed by atoms with Crippen LogP contribution in [0, 0.1) is 19.8 Å². The number of hydrogen-bond donors (Lipinski definition) is 1. The van der Waals surface area contributed by atoms with Crippen LogP contribution in [0.25, 0.3) is 5.57 Å². The van der Waals surface area contributed by atoms with Crippen molar-refractivity contribution in [3.8, 4) is 0 Å². The normalized spacial score (nSPS) is 10.7. The van der Waals surface area contributed by atoms with Gasteiger partial charge < -0.3 is 15.0 Å². The van der Waals surface area contributed by atoms with E-state index in [1.807, 2.05) is 0 Å². The summed E-state index contributed by atoms with van der Waals surface area (Å²) in [6.45, 7) is 27.0. The Morgan fingerprint density at radius 1 is 0.889 bits per heavy atom. The van der Waals surface area contributed by atoms with Crippen LogP contribution in [0.3, 0.4) is 0 Å². The van der Waals surface area contributed by atoms with E-state index in [1.165, 1.54) is 47.2 Å². The average Bonchev–Trinajstić information content (AvgIpc) is 3.06. The van der Waals surface area contributed by atoms with E-state index in [-0.39, 0.29) is 11.8 Å². The van der Waals surface area contributed by atoms with E-state index < -0.39 is 0 Å². The van der Waals surface area contributed by atoms with E-state index in [2.05, 4.69) is 141 Å². The molecule has 0 radical (unpaired) electrons. The van der Waals surface area contributed by atoms with E-state index in [1.54, 1.807) is 0 Å². The molecule has 0 heterocycles. The SMILES string of the molecule is C=CC=O.CC/C=C(/CCNC(=O)C(CC)CC)c1ccccc1C.CC=O.CCC(C)c1ccc(C)cc1.CCN(C)CC. The molecule has 0 bridgehead atoms. The Morgan fingerprint density at radius 2 is 1.40 bits per heavy atom. The van der Waals surface area contributed by atoms with Gasteiger partial charge in [0, 0.05) is 12.5 Å². The Labute approximate surface area is 277 Å². The van der Waals surface area contributed by atoms with Gasteiger partial charge in [-0.05, 0) is 107 Å². The highest BCUT2D eigenvalue weighted by molar-refractivity contribution is 5.79. The van der Waals surface area contributed by atoms with Crippen molar-refractivity contribution >= 4 is 24.1 Å². The molecule has 0 saturated heterocycles. The second-order valence-corrected chi connectivity index (χ2v) is 10.8. The first kappa shape index (κ1) is 46.1. The number of hydrogen-bond acceptors (Lipinski definition) is 4. The average molecular weight is 623 g/mol. The summed E-state index contributed by atoms with van der Waals surface area (Å²) in [5, 5.41) is 3.08. The van der Waals surface area contributed by atoms with Gasteiger partial charge in [0.05, 0.1) is 0 Å². The molecule has 0 spiro atoms. The summed E-state index contributed by atoms with van der Waals surface area (Å²) >= 11 is 0. The number of aldehydes is 2. The molecule has 1 amide bonds. The third kappa shape index (κ3) is 24.7. The Bertz CT molecular complexity index is 1030. The van der Waals surface area contributed by atoms with Gasteiger partial charge in [0.25, 0.3) is 0 Å². The van der Waals surface area contributed by atoms with Gasteiger partial charge in [-0.1, -0.05) is 115 Å². The molecule has 5 heteroatoms. The molecule has 1 unspecified atom stereocenters. The number of aryl methyl sites for hydroxylation is 2. The van der Waals surface area contributed by atoms with Crippen LogP contribution in [0.1, 0.15) is 116 Å². The lowest BCUT2D eigenvalue weighted by molar-refractivity contribution is -0.125. The zero-order valence-electron chi connectivity index (χ0n) is 30.6. The number of carbonyl (C=O) groups excluding carboxylic acids is 3. The molecule has 0 aliphatic carbocycles. The minimum absolute atomic E-state index is 0.155. The highest BCUT2D eigenvalue weighted by Crippen LogP contribution is 2.22. The minimum atomic E-state index is 0.155. The van der Waals surface area contributed by atoms with Crippen LogP contribution in [0.2, 0.25) is 0 Å². The molecule has 0 aromatic heterocycles. The number of nitrogens with zero attached hydrogens (tertiary/aromatic N) is 1. The Kier molecular flexibility index (Phi) is 32.9. The maximum Gasteiger partial charge on any atom is 0.223 e. The summed E-state index contributed by atoms with van der Waals surface area (Å²) in [4.78, 5) is 32.1. The predicted octanol–water partition coefficient (Wildman–Crippen LogP) is 9.77. The number of amides is 1. The minimum Gasteiger partial charge on any atom is -0.356 e. The van der Waals surface area contributed by atoms with Crippen molar-refractivity contribution in [2.75, 3.05) is 26.7 Å². The van der Waals surface area contributed by atoms with Gasteiger partial charge >= 0.3 is 0 Å².